The van der Waals surface area contributed by atoms with Crippen LogP contribution in [0.15, 0.2) is 18.2 Å². The highest BCUT2D eigenvalue weighted by Gasteiger charge is 2.72. The van der Waals surface area contributed by atoms with Crippen molar-refractivity contribution in [2.75, 3.05) is 0 Å². The van der Waals surface area contributed by atoms with Gasteiger partial charge in [0, 0.05) is 23.1 Å². The van der Waals surface area contributed by atoms with E-state index in [-0.39, 0.29) is 24.8 Å². The third kappa shape index (κ3) is 2.69. The fourth-order valence-corrected chi connectivity index (χ4v) is 3.63. The zero-order valence-electron chi connectivity index (χ0n) is 12.3. The highest BCUT2D eigenvalue weighted by Crippen LogP contribution is 2.69. The van der Waals surface area contributed by atoms with E-state index in [4.69, 9.17) is 0 Å². The molecule has 2 N–H and O–H groups in total. The van der Waals surface area contributed by atoms with Gasteiger partial charge in [-0.1, -0.05) is 12.1 Å². The number of benzene rings is 1. The van der Waals surface area contributed by atoms with Gasteiger partial charge in [0.1, 0.15) is 5.82 Å². The lowest BCUT2D eigenvalue weighted by Gasteiger charge is -2.69. The van der Waals surface area contributed by atoms with E-state index in [9.17, 15) is 31.1 Å². The van der Waals surface area contributed by atoms with E-state index in [1.54, 1.807) is 0 Å². The molecule has 3 saturated carbocycles. The highest BCUT2D eigenvalue weighted by atomic mass is 19.4. The van der Waals surface area contributed by atoms with Crippen LogP contribution >= 0.6 is 0 Å². The zero-order valence-corrected chi connectivity index (χ0v) is 12.3. The molecule has 3 aliphatic rings. The number of carbonyl (C=O) groups excluding carboxylic acids is 1. The average Bonchev–Trinajstić information content (AvgIpc) is 2.38. The van der Waals surface area contributed by atoms with E-state index in [0.29, 0.717) is 6.07 Å². The minimum atomic E-state index is -4.82. The van der Waals surface area contributed by atoms with Crippen LogP contribution in [-0.4, -0.2) is 18.0 Å². The number of halogens is 6. The fourth-order valence-electron chi connectivity index (χ4n) is 3.63. The van der Waals surface area contributed by atoms with Crippen LogP contribution in [0.3, 0.4) is 0 Å². The summed E-state index contributed by atoms with van der Waals surface area (Å²) in [5, 5.41) is 4.81. The molecule has 2 amide bonds. The minimum absolute atomic E-state index is 0.184. The molecule has 3 fully saturated rings. The summed E-state index contributed by atoms with van der Waals surface area (Å²) in [4.78, 5) is 11.8. The van der Waals surface area contributed by atoms with Crippen molar-refractivity contribution in [3.63, 3.8) is 0 Å². The molecule has 0 spiro atoms. The van der Waals surface area contributed by atoms with Crippen LogP contribution in [0.5, 0.6) is 0 Å². The fraction of sp³-hybridized carbons (Fsp3) is 0.533. The van der Waals surface area contributed by atoms with Crippen molar-refractivity contribution in [2.45, 2.75) is 43.9 Å². The van der Waals surface area contributed by atoms with Gasteiger partial charge in [0.2, 0.25) is 6.43 Å². The van der Waals surface area contributed by atoms with Gasteiger partial charge in [-0.2, -0.15) is 13.2 Å². The molecular weight excluding hydrogens is 338 g/mol. The zero-order chi connectivity index (χ0) is 17.8. The van der Waals surface area contributed by atoms with Gasteiger partial charge in [-0.15, -0.1) is 0 Å². The molecule has 24 heavy (non-hydrogen) atoms. The first-order chi connectivity index (χ1) is 11.1. The Morgan fingerprint density at radius 3 is 2.38 bits per heavy atom. The largest absolute Gasteiger partial charge is 0.419 e. The van der Waals surface area contributed by atoms with E-state index in [1.807, 2.05) is 0 Å². The Morgan fingerprint density at radius 2 is 1.83 bits per heavy atom. The third-order valence-corrected chi connectivity index (χ3v) is 4.74. The molecular formula is C15H14F6N2O. The summed E-state index contributed by atoms with van der Waals surface area (Å²) < 4.78 is 77.0. The number of urea groups is 1. The average molecular weight is 352 g/mol. The molecule has 0 radical (unpaired) electrons. The van der Waals surface area contributed by atoms with Gasteiger partial charge in [0.25, 0.3) is 0 Å². The number of hydrogen-bond acceptors (Lipinski definition) is 1. The molecule has 1 aromatic carbocycles. The summed E-state index contributed by atoms with van der Waals surface area (Å²) in [5.41, 5.74) is -3.37. The van der Waals surface area contributed by atoms with Gasteiger partial charge in [-0.25, -0.2) is 18.0 Å². The summed E-state index contributed by atoms with van der Waals surface area (Å²) in [6.07, 6.45) is -6.70. The van der Waals surface area contributed by atoms with E-state index >= 15 is 0 Å². The topological polar surface area (TPSA) is 41.1 Å². The number of nitrogens with one attached hydrogen (secondary N) is 2. The molecule has 0 saturated heterocycles. The molecule has 3 aliphatic carbocycles. The summed E-state index contributed by atoms with van der Waals surface area (Å²) in [6.45, 7) is -0.433. The molecule has 0 atom stereocenters. The standard InChI is InChI=1S/C15H14F6N2O/c16-10-8(2-1-3-9(10)15(19,20)21)4-22-12(24)23-14-5-13(6-14,7-14)11(17)18/h1-3,11H,4-7H2,(H2,22,23,24). The molecule has 0 heterocycles. The molecule has 132 valence electrons. The lowest BCUT2D eigenvalue weighted by atomic mass is 9.39. The molecule has 0 unspecified atom stereocenters. The van der Waals surface area contributed by atoms with Gasteiger partial charge in [0.15, 0.2) is 0 Å². The molecule has 4 rings (SSSR count). The van der Waals surface area contributed by atoms with Crippen LogP contribution in [0.1, 0.15) is 30.4 Å². The van der Waals surface area contributed by atoms with Crippen molar-refractivity contribution >= 4 is 6.03 Å². The first-order valence-electron chi connectivity index (χ1n) is 7.26. The maximum atomic E-state index is 13.8. The van der Waals surface area contributed by atoms with Gasteiger partial charge in [-0.05, 0) is 25.3 Å². The Labute approximate surface area is 133 Å². The molecule has 9 heteroatoms. The Hall–Kier alpha value is -1.93. The SMILES string of the molecule is O=C(NCc1cccc(C(F)(F)F)c1F)NC12CC(C(F)F)(C1)C2. The van der Waals surface area contributed by atoms with E-state index in [2.05, 4.69) is 10.6 Å². The van der Waals surface area contributed by atoms with Crippen LogP contribution in [0.2, 0.25) is 0 Å². The normalized spacial score (nSPS) is 28.1. The van der Waals surface area contributed by atoms with Crippen LogP contribution in [0.4, 0.5) is 31.1 Å². The summed E-state index contributed by atoms with van der Waals surface area (Å²) in [5.74, 6) is -1.44. The monoisotopic (exact) mass is 352 g/mol. The maximum Gasteiger partial charge on any atom is 0.419 e. The summed E-state index contributed by atoms with van der Waals surface area (Å²) >= 11 is 0. The molecule has 0 aliphatic heterocycles. The van der Waals surface area contributed by atoms with Gasteiger partial charge >= 0.3 is 12.2 Å². The Balaban J connectivity index is 1.55. The second-order valence-corrected chi connectivity index (χ2v) is 6.56. The van der Waals surface area contributed by atoms with Crippen LogP contribution in [0.25, 0.3) is 0 Å². The van der Waals surface area contributed by atoms with Gasteiger partial charge in [0.05, 0.1) is 5.56 Å². The molecule has 2 bridgehead atoms. The Morgan fingerprint density at radius 1 is 1.21 bits per heavy atom. The smallest absolute Gasteiger partial charge is 0.334 e. The third-order valence-electron chi connectivity index (χ3n) is 4.74. The predicted molar refractivity (Wildman–Crippen MR) is 71.8 cm³/mol. The second-order valence-electron chi connectivity index (χ2n) is 6.56. The molecule has 1 aromatic rings. The van der Waals surface area contributed by atoms with Gasteiger partial charge < -0.3 is 10.6 Å². The predicted octanol–water partition coefficient (Wildman–Crippen LogP) is 3.83. The van der Waals surface area contributed by atoms with Crippen molar-refractivity contribution in [1.29, 1.82) is 0 Å². The van der Waals surface area contributed by atoms with Crippen molar-refractivity contribution < 1.29 is 31.1 Å². The van der Waals surface area contributed by atoms with E-state index < -0.39 is 47.5 Å². The van der Waals surface area contributed by atoms with Crippen molar-refractivity contribution in [3.05, 3.63) is 35.1 Å². The first kappa shape index (κ1) is 16.9. The van der Waals surface area contributed by atoms with Crippen LogP contribution < -0.4 is 10.6 Å². The lowest BCUT2D eigenvalue weighted by molar-refractivity contribution is -0.223. The van der Waals surface area contributed by atoms with E-state index in [0.717, 1.165) is 12.1 Å². The number of alkyl halides is 5. The molecule has 3 nitrogen and oxygen atoms in total. The van der Waals surface area contributed by atoms with Gasteiger partial charge in [-0.3, -0.25) is 0 Å². The highest BCUT2D eigenvalue weighted by molar-refractivity contribution is 5.75. The van der Waals surface area contributed by atoms with Crippen molar-refractivity contribution in [3.8, 4) is 0 Å². The number of hydrogen-bond donors (Lipinski definition) is 2. The summed E-state index contributed by atoms with van der Waals surface area (Å²) in [7, 11) is 0. The lowest BCUT2D eigenvalue weighted by Crippen LogP contribution is -2.77. The maximum absolute atomic E-state index is 13.8. The Kier molecular flexibility index (Phi) is 3.72. The van der Waals surface area contributed by atoms with Crippen LogP contribution in [0, 0.1) is 11.2 Å². The summed E-state index contributed by atoms with van der Waals surface area (Å²) in [6, 6.07) is 2.09. The number of carbonyl (C=O) groups is 1. The van der Waals surface area contributed by atoms with Crippen molar-refractivity contribution in [1.82, 2.24) is 10.6 Å². The van der Waals surface area contributed by atoms with Crippen molar-refractivity contribution in [2.24, 2.45) is 5.41 Å². The number of amides is 2. The quantitative estimate of drug-likeness (QED) is 0.795. The Bertz CT molecular complexity index is 653. The first-order valence-corrected chi connectivity index (χ1v) is 7.26. The second kappa shape index (κ2) is 5.29. The molecule has 0 aromatic heterocycles. The van der Waals surface area contributed by atoms with E-state index in [1.165, 1.54) is 0 Å². The minimum Gasteiger partial charge on any atom is -0.334 e. The van der Waals surface area contributed by atoms with Crippen LogP contribution in [-0.2, 0) is 12.7 Å². The number of rotatable bonds is 4.